The minimum atomic E-state index is -1.91. The van der Waals surface area contributed by atoms with Crippen LogP contribution in [0.3, 0.4) is 0 Å². The molecular formula is C13H17FN4O3. The Morgan fingerprint density at radius 3 is 2.81 bits per heavy atom. The topological polar surface area (TPSA) is 95.4 Å². The number of halogens is 1. The molecule has 0 radical (unpaired) electrons. The quantitative estimate of drug-likeness (QED) is 0.346. The smallest absolute Gasteiger partial charge is 0.236 e. The molecule has 4 atom stereocenters. The molecular weight excluding hydrogens is 279 g/mol. The molecule has 2 aliphatic heterocycles. The highest BCUT2D eigenvalue weighted by atomic mass is 19.1. The molecule has 0 aromatic rings. The second-order valence-electron chi connectivity index (χ2n) is 5.49. The van der Waals surface area contributed by atoms with Gasteiger partial charge in [0.1, 0.15) is 0 Å². The predicted molar refractivity (Wildman–Crippen MR) is 71.3 cm³/mol. The van der Waals surface area contributed by atoms with Crippen molar-refractivity contribution in [2.45, 2.75) is 51.2 Å². The van der Waals surface area contributed by atoms with E-state index < -0.39 is 29.4 Å². The first kappa shape index (κ1) is 15.5. The van der Waals surface area contributed by atoms with Gasteiger partial charge in [0.25, 0.3) is 0 Å². The molecule has 1 saturated heterocycles. The van der Waals surface area contributed by atoms with Crippen LogP contribution in [0.4, 0.5) is 4.39 Å². The number of carbonyl (C=O) groups is 2. The van der Waals surface area contributed by atoms with Crippen molar-refractivity contribution in [2.75, 3.05) is 0 Å². The van der Waals surface area contributed by atoms with Gasteiger partial charge in [-0.2, -0.15) is 0 Å². The van der Waals surface area contributed by atoms with Crippen molar-refractivity contribution in [3.8, 4) is 0 Å². The van der Waals surface area contributed by atoms with Crippen LogP contribution in [0.25, 0.3) is 10.4 Å². The first-order valence-electron chi connectivity index (χ1n) is 6.73. The molecule has 1 amide bonds. The van der Waals surface area contributed by atoms with Crippen molar-refractivity contribution in [3.05, 3.63) is 22.7 Å². The Morgan fingerprint density at radius 1 is 1.62 bits per heavy atom. The molecule has 2 rings (SSSR count). The van der Waals surface area contributed by atoms with Gasteiger partial charge in [0.2, 0.25) is 5.91 Å². The zero-order chi connectivity index (χ0) is 15.8. The van der Waals surface area contributed by atoms with E-state index in [0.717, 1.165) is 4.90 Å². The highest BCUT2D eigenvalue weighted by Gasteiger charge is 2.62. The second-order valence-corrected chi connectivity index (χ2v) is 5.49. The van der Waals surface area contributed by atoms with E-state index in [-0.39, 0.29) is 18.6 Å². The average molecular weight is 296 g/mol. The summed E-state index contributed by atoms with van der Waals surface area (Å²) in [5.74, 6) is -1.61. The molecule has 0 aliphatic carbocycles. The Kier molecular flexibility index (Phi) is 3.78. The van der Waals surface area contributed by atoms with Crippen molar-refractivity contribution >= 4 is 11.7 Å². The van der Waals surface area contributed by atoms with E-state index in [2.05, 4.69) is 10.0 Å². The lowest BCUT2D eigenvalue weighted by atomic mass is 9.84. The lowest BCUT2D eigenvalue weighted by molar-refractivity contribution is -0.156. The molecule has 0 spiro atoms. The lowest BCUT2D eigenvalue weighted by Crippen LogP contribution is -2.49. The van der Waals surface area contributed by atoms with E-state index in [1.807, 2.05) is 0 Å². The molecule has 7 nitrogen and oxygen atoms in total. The third-order valence-electron chi connectivity index (χ3n) is 4.33. The fourth-order valence-corrected chi connectivity index (χ4v) is 2.80. The number of hydrogen-bond acceptors (Lipinski definition) is 4. The Bertz CT molecular complexity index is 556. The van der Waals surface area contributed by atoms with Crippen molar-refractivity contribution in [1.29, 1.82) is 0 Å². The molecule has 0 N–H and O–H groups in total. The van der Waals surface area contributed by atoms with Gasteiger partial charge in [-0.1, -0.05) is 19.0 Å². The number of ether oxygens (including phenoxy) is 1. The molecule has 114 valence electrons. The number of ketones is 1. The minimum absolute atomic E-state index is 0.277. The summed E-state index contributed by atoms with van der Waals surface area (Å²) in [6, 6.07) is 0. The monoisotopic (exact) mass is 296 g/mol. The van der Waals surface area contributed by atoms with Crippen LogP contribution in [0.2, 0.25) is 0 Å². The molecule has 8 heteroatoms. The van der Waals surface area contributed by atoms with Crippen LogP contribution in [0, 0.1) is 5.92 Å². The molecule has 0 saturated carbocycles. The van der Waals surface area contributed by atoms with Gasteiger partial charge < -0.3 is 4.74 Å². The maximum Gasteiger partial charge on any atom is 0.236 e. The maximum atomic E-state index is 15.1. The van der Waals surface area contributed by atoms with E-state index in [4.69, 9.17) is 10.3 Å². The van der Waals surface area contributed by atoms with Crippen LogP contribution in [-0.4, -0.2) is 34.2 Å². The van der Waals surface area contributed by atoms with Gasteiger partial charge in [0, 0.05) is 17.0 Å². The van der Waals surface area contributed by atoms with Crippen LogP contribution < -0.4 is 0 Å². The number of alkyl halides is 1. The standard InChI is InChI=1S/C13H17FN4O3/c1-4-13(16-17-15)8(2)12(3,14)11(21-13)18-6-5-9(19)7-10(18)20/h5-6,8,11H,4,7H2,1-3H3/t8-,11+,12+,13+/m0/s1. The SMILES string of the molecule is CC[C@@]1(N=[N+]=[N-])O[C@@H](N2C=CC(=O)CC2=O)[C@](C)(F)[C@@H]1C. The highest BCUT2D eigenvalue weighted by Crippen LogP contribution is 2.49. The summed E-state index contributed by atoms with van der Waals surface area (Å²) >= 11 is 0. The summed E-state index contributed by atoms with van der Waals surface area (Å²) in [7, 11) is 0. The van der Waals surface area contributed by atoms with Crippen molar-refractivity contribution in [3.63, 3.8) is 0 Å². The van der Waals surface area contributed by atoms with Gasteiger partial charge in [-0.15, -0.1) is 0 Å². The number of rotatable bonds is 3. The molecule has 0 aromatic heterocycles. The van der Waals surface area contributed by atoms with Crippen molar-refractivity contribution < 1.29 is 18.7 Å². The molecule has 2 aliphatic rings. The largest absolute Gasteiger partial charge is 0.342 e. The summed E-state index contributed by atoms with van der Waals surface area (Å²) < 4.78 is 20.8. The maximum absolute atomic E-state index is 15.1. The third kappa shape index (κ3) is 2.30. The molecule has 0 bridgehead atoms. The number of carbonyl (C=O) groups excluding carboxylic acids is 2. The molecule has 1 fully saturated rings. The number of azide groups is 1. The van der Waals surface area contributed by atoms with E-state index in [1.54, 1.807) is 13.8 Å². The number of nitrogens with zero attached hydrogens (tertiary/aromatic N) is 4. The normalized spacial score (nSPS) is 39.5. The third-order valence-corrected chi connectivity index (χ3v) is 4.33. The second kappa shape index (κ2) is 5.13. The zero-order valence-electron chi connectivity index (χ0n) is 12.1. The Morgan fingerprint density at radius 2 is 2.29 bits per heavy atom. The van der Waals surface area contributed by atoms with Gasteiger partial charge in [-0.05, 0) is 25.0 Å². The molecule has 21 heavy (non-hydrogen) atoms. The summed E-state index contributed by atoms with van der Waals surface area (Å²) in [5, 5.41) is 3.62. The fraction of sp³-hybridized carbons (Fsp3) is 0.692. The molecule has 2 heterocycles. The van der Waals surface area contributed by atoms with Crippen molar-refractivity contribution in [1.82, 2.24) is 4.90 Å². The number of amides is 1. The van der Waals surface area contributed by atoms with E-state index >= 15 is 4.39 Å². The van der Waals surface area contributed by atoms with Gasteiger partial charge in [0.15, 0.2) is 23.4 Å². The van der Waals surface area contributed by atoms with Crippen molar-refractivity contribution in [2.24, 2.45) is 11.0 Å². The average Bonchev–Trinajstić information content (AvgIpc) is 2.61. The van der Waals surface area contributed by atoms with Crippen LogP contribution in [0.15, 0.2) is 17.4 Å². The summed E-state index contributed by atoms with van der Waals surface area (Å²) in [4.78, 5) is 27.0. The van der Waals surface area contributed by atoms with Gasteiger partial charge in [0.05, 0.1) is 6.42 Å². The summed E-state index contributed by atoms with van der Waals surface area (Å²) in [6.45, 7) is 4.62. The predicted octanol–water partition coefficient (Wildman–Crippen LogP) is 2.44. The summed E-state index contributed by atoms with van der Waals surface area (Å²) in [6.07, 6.45) is 1.17. The van der Waals surface area contributed by atoms with Gasteiger partial charge >= 0.3 is 0 Å². The Labute approximate surface area is 121 Å². The number of hydrogen-bond donors (Lipinski definition) is 0. The van der Waals surface area contributed by atoms with Crippen LogP contribution in [-0.2, 0) is 14.3 Å². The van der Waals surface area contributed by atoms with Crippen LogP contribution in [0.5, 0.6) is 0 Å². The lowest BCUT2D eigenvalue weighted by Gasteiger charge is -2.33. The first-order valence-corrected chi connectivity index (χ1v) is 6.73. The van der Waals surface area contributed by atoms with E-state index in [9.17, 15) is 9.59 Å². The first-order chi connectivity index (χ1) is 9.78. The van der Waals surface area contributed by atoms with Gasteiger partial charge in [-0.3, -0.25) is 14.5 Å². The minimum Gasteiger partial charge on any atom is -0.342 e. The zero-order valence-corrected chi connectivity index (χ0v) is 12.1. The number of allylic oxidation sites excluding steroid dienone is 1. The molecule has 0 unspecified atom stereocenters. The fourth-order valence-electron chi connectivity index (χ4n) is 2.80. The Balaban J connectivity index is 2.41. The Hall–Kier alpha value is -1.92. The summed E-state index contributed by atoms with van der Waals surface area (Å²) in [5.41, 5.74) is 5.45. The highest BCUT2D eigenvalue weighted by molar-refractivity contribution is 6.06. The van der Waals surface area contributed by atoms with E-state index in [1.165, 1.54) is 19.2 Å². The van der Waals surface area contributed by atoms with E-state index in [0.29, 0.717) is 0 Å². The van der Waals surface area contributed by atoms with Crippen LogP contribution >= 0.6 is 0 Å². The molecule has 0 aromatic carbocycles. The van der Waals surface area contributed by atoms with Crippen LogP contribution in [0.1, 0.15) is 33.6 Å². The van der Waals surface area contributed by atoms with Gasteiger partial charge in [-0.25, -0.2) is 4.39 Å².